The van der Waals surface area contributed by atoms with Gasteiger partial charge in [0, 0.05) is 44.0 Å². The fourth-order valence-corrected chi connectivity index (χ4v) is 3.28. The number of fused-ring (bicyclic) bond motifs is 1. The number of carbonyl (C=O) groups is 3. The van der Waals surface area contributed by atoms with Crippen molar-refractivity contribution in [3.63, 3.8) is 0 Å². The highest BCUT2D eigenvalue weighted by Gasteiger charge is 2.38. The summed E-state index contributed by atoms with van der Waals surface area (Å²) < 4.78 is 0. The van der Waals surface area contributed by atoms with E-state index in [0.29, 0.717) is 44.0 Å². The summed E-state index contributed by atoms with van der Waals surface area (Å²) in [6.07, 6.45) is 0. The minimum atomic E-state index is -0.574. The first-order chi connectivity index (χ1) is 11.8. The molecule has 2 N–H and O–H groups in total. The second-order valence-electron chi connectivity index (χ2n) is 6.95. The zero-order chi connectivity index (χ0) is 18.2. The van der Waals surface area contributed by atoms with Gasteiger partial charge in [0.1, 0.15) is 0 Å². The quantitative estimate of drug-likeness (QED) is 0.851. The highest BCUT2D eigenvalue weighted by atomic mass is 16.2. The predicted molar refractivity (Wildman–Crippen MR) is 94.6 cm³/mol. The Labute approximate surface area is 147 Å². The first-order valence-electron chi connectivity index (χ1n) is 8.62. The molecule has 7 heteroatoms. The SMILES string of the molecule is CCNC(=O)N1CCN(C(=O)c2ccc3c(c2)NC(=O)C3(C)C)CC1. The molecule has 0 aliphatic carbocycles. The van der Waals surface area contributed by atoms with E-state index in [1.807, 2.05) is 26.8 Å². The van der Waals surface area contributed by atoms with E-state index in [2.05, 4.69) is 10.6 Å². The number of carbonyl (C=O) groups excluding carboxylic acids is 3. The summed E-state index contributed by atoms with van der Waals surface area (Å²) >= 11 is 0. The number of hydrogen-bond acceptors (Lipinski definition) is 3. The van der Waals surface area contributed by atoms with Gasteiger partial charge in [-0.15, -0.1) is 0 Å². The Morgan fingerprint density at radius 3 is 2.44 bits per heavy atom. The third-order valence-corrected chi connectivity index (χ3v) is 4.94. The number of nitrogens with zero attached hydrogens (tertiary/aromatic N) is 2. The molecule has 25 heavy (non-hydrogen) atoms. The van der Waals surface area contributed by atoms with Gasteiger partial charge < -0.3 is 20.4 Å². The maximum atomic E-state index is 12.7. The van der Waals surface area contributed by atoms with Crippen molar-refractivity contribution in [1.29, 1.82) is 0 Å². The molecule has 0 unspecified atom stereocenters. The number of piperazine rings is 1. The van der Waals surface area contributed by atoms with E-state index in [0.717, 1.165) is 5.56 Å². The van der Waals surface area contributed by atoms with Gasteiger partial charge in [-0.05, 0) is 38.5 Å². The molecule has 2 aliphatic heterocycles. The maximum Gasteiger partial charge on any atom is 0.317 e. The van der Waals surface area contributed by atoms with Crippen molar-refractivity contribution in [3.05, 3.63) is 29.3 Å². The molecule has 134 valence electrons. The van der Waals surface area contributed by atoms with E-state index in [1.54, 1.807) is 21.9 Å². The molecule has 0 atom stereocenters. The van der Waals surface area contributed by atoms with E-state index in [4.69, 9.17) is 0 Å². The van der Waals surface area contributed by atoms with Gasteiger partial charge in [-0.25, -0.2) is 4.79 Å². The fourth-order valence-electron chi connectivity index (χ4n) is 3.28. The standard InChI is InChI=1S/C18H24N4O3/c1-4-19-17(25)22-9-7-21(8-10-22)15(23)12-5-6-13-14(11-12)20-16(24)18(13,2)3/h5-6,11H,4,7-10H2,1-3H3,(H,19,25)(H,20,24). The zero-order valence-electron chi connectivity index (χ0n) is 14.9. The monoisotopic (exact) mass is 344 g/mol. The number of benzene rings is 1. The molecular weight excluding hydrogens is 320 g/mol. The molecule has 0 aromatic heterocycles. The Kier molecular flexibility index (Phi) is 4.41. The lowest BCUT2D eigenvalue weighted by atomic mass is 9.86. The van der Waals surface area contributed by atoms with Crippen molar-refractivity contribution >= 4 is 23.5 Å². The third-order valence-electron chi connectivity index (χ3n) is 4.94. The molecular formula is C18H24N4O3. The number of rotatable bonds is 2. The van der Waals surface area contributed by atoms with Gasteiger partial charge in [-0.2, -0.15) is 0 Å². The van der Waals surface area contributed by atoms with Crippen LogP contribution in [0.1, 0.15) is 36.7 Å². The molecule has 1 aromatic carbocycles. The molecule has 1 fully saturated rings. The number of urea groups is 1. The van der Waals surface area contributed by atoms with Gasteiger partial charge in [0.05, 0.1) is 5.41 Å². The van der Waals surface area contributed by atoms with E-state index in [-0.39, 0.29) is 17.8 Å². The Morgan fingerprint density at radius 1 is 1.16 bits per heavy atom. The van der Waals surface area contributed by atoms with Crippen LogP contribution in [0.4, 0.5) is 10.5 Å². The van der Waals surface area contributed by atoms with Crippen molar-refractivity contribution < 1.29 is 14.4 Å². The second-order valence-corrected chi connectivity index (χ2v) is 6.95. The topological polar surface area (TPSA) is 81.8 Å². The van der Waals surface area contributed by atoms with E-state index in [9.17, 15) is 14.4 Å². The van der Waals surface area contributed by atoms with E-state index >= 15 is 0 Å². The van der Waals surface area contributed by atoms with Crippen molar-refractivity contribution in [2.45, 2.75) is 26.2 Å². The van der Waals surface area contributed by atoms with Crippen LogP contribution in [-0.2, 0) is 10.2 Å². The lowest BCUT2D eigenvalue weighted by molar-refractivity contribution is -0.119. The van der Waals surface area contributed by atoms with Crippen molar-refractivity contribution in [3.8, 4) is 0 Å². The summed E-state index contributed by atoms with van der Waals surface area (Å²) in [5.74, 6) is -0.125. The molecule has 0 radical (unpaired) electrons. The Bertz CT molecular complexity index is 721. The smallest absolute Gasteiger partial charge is 0.317 e. The molecule has 0 bridgehead atoms. The molecule has 0 saturated carbocycles. The number of amides is 4. The molecule has 4 amide bonds. The minimum absolute atomic E-state index is 0.0531. The lowest BCUT2D eigenvalue weighted by Gasteiger charge is -2.34. The van der Waals surface area contributed by atoms with Gasteiger partial charge >= 0.3 is 6.03 Å². The van der Waals surface area contributed by atoms with Crippen molar-refractivity contribution in [1.82, 2.24) is 15.1 Å². The van der Waals surface area contributed by atoms with E-state index < -0.39 is 5.41 Å². The lowest BCUT2D eigenvalue weighted by Crippen LogP contribution is -2.53. The summed E-state index contributed by atoms with van der Waals surface area (Å²) in [4.78, 5) is 40.1. The van der Waals surface area contributed by atoms with Crippen LogP contribution in [0, 0.1) is 0 Å². The Balaban J connectivity index is 1.69. The fraction of sp³-hybridized carbons (Fsp3) is 0.500. The predicted octanol–water partition coefficient (Wildman–Crippen LogP) is 1.40. The summed E-state index contributed by atoms with van der Waals surface area (Å²) in [6, 6.07) is 5.29. The number of nitrogens with one attached hydrogen (secondary N) is 2. The molecule has 2 aliphatic rings. The van der Waals surface area contributed by atoms with Gasteiger partial charge in [0.2, 0.25) is 5.91 Å². The normalized spacial score (nSPS) is 18.6. The summed E-state index contributed by atoms with van der Waals surface area (Å²) in [7, 11) is 0. The second kappa shape index (κ2) is 6.38. The number of hydrogen-bond donors (Lipinski definition) is 2. The van der Waals surface area contributed by atoms with Crippen LogP contribution in [0.2, 0.25) is 0 Å². The van der Waals surface area contributed by atoms with Gasteiger partial charge in [-0.1, -0.05) is 6.07 Å². The van der Waals surface area contributed by atoms with Crippen LogP contribution in [-0.4, -0.2) is 60.4 Å². The van der Waals surface area contributed by atoms with Crippen LogP contribution in [0.5, 0.6) is 0 Å². The first kappa shape index (κ1) is 17.3. The summed E-state index contributed by atoms with van der Waals surface area (Å²) in [6.45, 7) is 8.27. The maximum absolute atomic E-state index is 12.7. The molecule has 1 aromatic rings. The zero-order valence-corrected chi connectivity index (χ0v) is 14.9. The van der Waals surface area contributed by atoms with Crippen LogP contribution < -0.4 is 10.6 Å². The Hall–Kier alpha value is -2.57. The van der Waals surface area contributed by atoms with Crippen molar-refractivity contribution in [2.24, 2.45) is 0 Å². The Morgan fingerprint density at radius 2 is 1.80 bits per heavy atom. The van der Waals surface area contributed by atoms with Crippen LogP contribution in [0.15, 0.2) is 18.2 Å². The van der Waals surface area contributed by atoms with Crippen LogP contribution in [0.3, 0.4) is 0 Å². The molecule has 2 heterocycles. The average molecular weight is 344 g/mol. The highest BCUT2D eigenvalue weighted by molar-refractivity contribution is 6.07. The highest BCUT2D eigenvalue weighted by Crippen LogP contribution is 2.37. The average Bonchev–Trinajstić information content (AvgIpc) is 2.83. The number of anilines is 1. The van der Waals surface area contributed by atoms with Gasteiger partial charge in [0.25, 0.3) is 5.91 Å². The van der Waals surface area contributed by atoms with Crippen LogP contribution in [0.25, 0.3) is 0 Å². The first-order valence-corrected chi connectivity index (χ1v) is 8.62. The molecule has 3 rings (SSSR count). The van der Waals surface area contributed by atoms with E-state index in [1.165, 1.54) is 0 Å². The molecule has 1 saturated heterocycles. The largest absolute Gasteiger partial charge is 0.338 e. The van der Waals surface area contributed by atoms with Gasteiger partial charge in [-0.3, -0.25) is 9.59 Å². The summed E-state index contributed by atoms with van der Waals surface area (Å²) in [5, 5.41) is 5.63. The van der Waals surface area contributed by atoms with Gasteiger partial charge in [0.15, 0.2) is 0 Å². The third kappa shape index (κ3) is 3.06. The minimum Gasteiger partial charge on any atom is -0.338 e. The van der Waals surface area contributed by atoms with Crippen LogP contribution >= 0.6 is 0 Å². The summed E-state index contributed by atoms with van der Waals surface area (Å²) in [5.41, 5.74) is 1.61. The van der Waals surface area contributed by atoms with Crippen molar-refractivity contribution in [2.75, 3.05) is 38.0 Å². The molecule has 7 nitrogen and oxygen atoms in total. The molecule has 0 spiro atoms.